The second kappa shape index (κ2) is 7.08. The average molecular weight is 253 g/mol. The van der Waals surface area contributed by atoms with E-state index in [-0.39, 0.29) is 11.7 Å². The van der Waals surface area contributed by atoms with Crippen LogP contribution < -0.4 is 5.73 Å². The van der Waals surface area contributed by atoms with E-state index in [1.54, 1.807) is 12.1 Å². The van der Waals surface area contributed by atoms with Crippen LogP contribution in [0.4, 0.5) is 4.39 Å². The van der Waals surface area contributed by atoms with Crippen LogP contribution in [0.15, 0.2) is 18.2 Å². The van der Waals surface area contributed by atoms with E-state index >= 15 is 0 Å². The predicted octanol–water partition coefficient (Wildman–Crippen LogP) is 1.58. The Morgan fingerprint density at radius 3 is 2.78 bits per heavy atom. The molecule has 0 spiro atoms. The number of nitrogens with two attached hydrogens (primary N) is 1. The zero-order chi connectivity index (χ0) is 13.5. The molecule has 0 heterocycles. The summed E-state index contributed by atoms with van der Waals surface area (Å²) in [5.74, 6) is -0.448. The van der Waals surface area contributed by atoms with Gasteiger partial charge in [-0.05, 0) is 20.0 Å². The molecule has 0 aliphatic rings. The normalized spacial score (nSPS) is 10.9. The quantitative estimate of drug-likeness (QED) is 0.440. The Hall–Kier alpha value is -1.46. The molecular weight excluding hydrogens is 233 g/mol. The first-order valence-corrected chi connectivity index (χ1v) is 5.93. The maximum absolute atomic E-state index is 13.7. The van der Waals surface area contributed by atoms with Gasteiger partial charge in [0.15, 0.2) is 0 Å². The van der Waals surface area contributed by atoms with Gasteiger partial charge in [0.2, 0.25) is 0 Å². The van der Waals surface area contributed by atoms with Crippen molar-refractivity contribution >= 4 is 5.84 Å². The van der Waals surface area contributed by atoms with E-state index in [0.717, 1.165) is 6.54 Å². The molecule has 0 bridgehead atoms. The maximum Gasteiger partial charge on any atom is 0.128 e. The lowest BCUT2D eigenvalue weighted by Gasteiger charge is -2.17. The average Bonchev–Trinajstić information content (AvgIpc) is 2.32. The highest BCUT2D eigenvalue weighted by Crippen LogP contribution is 2.12. The standard InChI is InChI=1S/C13H20FN3O/c1-3-18-7-6-17(2)9-11-5-4-10(13(15)16)8-12(11)14/h4-5,8H,3,6-7,9H2,1-2H3,(H3,15,16). The van der Waals surface area contributed by atoms with Crippen molar-refractivity contribution < 1.29 is 9.13 Å². The summed E-state index contributed by atoms with van der Waals surface area (Å²) in [6.45, 7) is 4.54. The zero-order valence-electron chi connectivity index (χ0n) is 10.9. The van der Waals surface area contributed by atoms with Crippen molar-refractivity contribution in [1.82, 2.24) is 4.90 Å². The topological polar surface area (TPSA) is 62.3 Å². The molecule has 1 aromatic carbocycles. The summed E-state index contributed by atoms with van der Waals surface area (Å²) in [7, 11) is 1.91. The number of rotatable bonds is 7. The Morgan fingerprint density at radius 2 is 2.22 bits per heavy atom. The molecule has 0 amide bonds. The Kier molecular flexibility index (Phi) is 5.74. The van der Waals surface area contributed by atoms with Crippen molar-refractivity contribution in [2.75, 3.05) is 26.8 Å². The van der Waals surface area contributed by atoms with Crippen molar-refractivity contribution in [1.29, 1.82) is 5.41 Å². The van der Waals surface area contributed by atoms with E-state index in [9.17, 15) is 4.39 Å². The van der Waals surface area contributed by atoms with E-state index in [4.69, 9.17) is 15.9 Å². The van der Waals surface area contributed by atoms with E-state index in [2.05, 4.69) is 0 Å². The molecule has 18 heavy (non-hydrogen) atoms. The summed E-state index contributed by atoms with van der Waals surface area (Å²) >= 11 is 0. The lowest BCUT2D eigenvalue weighted by Crippen LogP contribution is -2.23. The first-order chi connectivity index (χ1) is 8.54. The number of nitrogen functional groups attached to an aromatic ring is 1. The minimum Gasteiger partial charge on any atom is -0.384 e. The van der Waals surface area contributed by atoms with E-state index < -0.39 is 0 Å². The molecule has 0 fully saturated rings. The van der Waals surface area contributed by atoms with Crippen LogP contribution in [0.2, 0.25) is 0 Å². The second-order valence-corrected chi connectivity index (χ2v) is 4.15. The number of ether oxygens (including phenoxy) is 1. The first kappa shape index (κ1) is 14.6. The summed E-state index contributed by atoms with van der Waals surface area (Å²) in [5, 5.41) is 7.24. The fraction of sp³-hybridized carbons (Fsp3) is 0.462. The Morgan fingerprint density at radius 1 is 1.50 bits per heavy atom. The van der Waals surface area contributed by atoms with Gasteiger partial charge in [0.1, 0.15) is 11.7 Å². The van der Waals surface area contributed by atoms with E-state index in [1.165, 1.54) is 6.07 Å². The van der Waals surface area contributed by atoms with Gasteiger partial charge in [0.25, 0.3) is 0 Å². The number of hydrogen-bond acceptors (Lipinski definition) is 3. The van der Waals surface area contributed by atoms with Gasteiger partial charge in [0, 0.05) is 30.8 Å². The number of halogens is 1. The van der Waals surface area contributed by atoms with Gasteiger partial charge in [-0.25, -0.2) is 4.39 Å². The molecule has 0 radical (unpaired) electrons. The van der Waals surface area contributed by atoms with Gasteiger partial charge in [-0.2, -0.15) is 0 Å². The Bertz CT molecular complexity index is 409. The van der Waals surface area contributed by atoms with Crippen molar-refractivity contribution in [2.45, 2.75) is 13.5 Å². The number of nitrogens with zero attached hydrogens (tertiary/aromatic N) is 1. The van der Waals surface area contributed by atoms with Crippen LogP contribution in [-0.4, -0.2) is 37.5 Å². The molecule has 0 aliphatic heterocycles. The molecule has 0 saturated heterocycles. The van der Waals surface area contributed by atoms with Crippen LogP contribution in [0.25, 0.3) is 0 Å². The van der Waals surface area contributed by atoms with Crippen LogP contribution in [0.5, 0.6) is 0 Å². The van der Waals surface area contributed by atoms with Crippen LogP contribution in [-0.2, 0) is 11.3 Å². The molecule has 3 N–H and O–H groups in total. The van der Waals surface area contributed by atoms with Crippen molar-refractivity contribution in [3.05, 3.63) is 35.1 Å². The number of benzene rings is 1. The predicted molar refractivity (Wildman–Crippen MR) is 70.2 cm³/mol. The van der Waals surface area contributed by atoms with E-state index in [1.807, 2.05) is 18.9 Å². The summed E-state index contributed by atoms with van der Waals surface area (Å²) in [4.78, 5) is 1.99. The summed E-state index contributed by atoms with van der Waals surface area (Å²) in [6, 6.07) is 4.63. The van der Waals surface area contributed by atoms with Gasteiger partial charge in [-0.1, -0.05) is 12.1 Å². The van der Waals surface area contributed by atoms with Crippen LogP contribution >= 0.6 is 0 Å². The maximum atomic E-state index is 13.7. The SMILES string of the molecule is CCOCCN(C)Cc1ccc(C(=N)N)cc1F. The van der Waals surface area contributed by atoms with Crippen molar-refractivity contribution in [3.63, 3.8) is 0 Å². The summed E-state index contributed by atoms with van der Waals surface area (Å²) in [6.07, 6.45) is 0. The van der Waals surface area contributed by atoms with Gasteiger partial charge >= 0.3 is 0 Å². The number of hydrogen-bond donors (Lipinski definition) is 2. The smallest absolute Gasteiger partial charge is 0.128 e. The third kappa shape index (κ3) is 4.43. The lowest BCUT2D eigenvalue weighted by molar-refractivity contribution is 0.120. The van der Waals surface area contributed by atoms with Crippen LogP contribution in [0.3, 0.4) is 0 Å². The number of nitrogens with one attached hydrogen (secondary N) is 1. The highest BCUT2D eigenvalue weighted by atomic mass is 19.1. The number of likely N-dealkylation sites (N-methyl/N-ethyl adjacent to an activating group) is 1. The largest absolute Gasteiger partial charge is 0.384 e. The third-order valence-corrected chi connectivity index (χ3v) is 2.63. The van der Waals surface area contributed by atoms with Crippen LogP contribution in [0, 0.1) is 11.2 Å². The van der Waals surface area contributed by atoms with Crippen LogP contribution in [0.1, 0.15) is 18.1 Å². The molecule has 0 aliphatic carbocycles. The third-order valence-electron chi connectivity index (χ3n) is 2.63. The number of amidine groups is 1. The first-order valence-electron chi connectivity index (χ1n) is 5.93. The van der Waals surface area contributed by atoms with Crippen molar-refractivity contribution in [2.24, 2.45) is 5.73 Å². The minimum absolute atomic E-state index is 0.120. The van der Waals surface area contributed by atoms with Gasteiger partial charge in [-0.3, -0.25) is 10.3 Å². The minimum atomic E-state index is -0.328. The zero-order valence-corrected chi connectivity index (χ0v) is 10.9. The molecule has 5 heteroatoms. The molecule has 0 saturated carbocycles. The summed E-state index contributed by atoms with van der Waals surface area (Å²) < 4.78 is 19.0. The highest BCUT2D eigenvalue weighted by molar-refractivity contribution is 5.94. The molecule has 1 rings (SSSR count). The lowest BCUT2D eigenvalue weighted by atomic mass is 10.1. The molecular formula is C13H20FN3O. The fourth-order valence-electron chi connectivity index (χ4n) is 1.58. The molecule has 0 atom stereocenters. The van der Waals surface area contributed by atoms with Gasteiger partial charge in [0.05, 0.1) is 6.61 Å². The molecule has 0 aromatic heterocycles. The molecule has 100 valence electrons. The summed E-state index contributed by atoms with van der Waals surface area (Å²) in [5.41, 5.74) is 6.31. The fourth-order valence-corrected chi connectivity index (χ4v) is 1.58. The monoisotopic (exact) mass is 253 g/mol. The second-order valence-electron chi connectivity index (χ2n) is 4.15. The van der Waals surface area contributed by atoms with E-state index in [0.29, 0.717) is 30.9 Å². The van der Waals surface area contributed by atoms with Gasteiger partial charge < -0.3 is 10.5 Å². The molecule has 4 nitrogen and oxygen atoms in total. The molecule has 0 unspecified atom stereocenters. The Labute approximate surface area is 107 Å². The highest BCUT2D eigenvalue weighted by Gasteiger charge is 2.07. The Balaban J connectivity index is 2.59. The van der Waals surface area contributed by atoms with Gasteiger partial charge in [-0.15, -0.1) is 0 Å². The molecule has 1 aromatic rings. The van der Waals surface area contributed by atoms with Crippen molar-refractivity contribution in [3.8, 4) is 0 Å².